The lowest BCUT2D eigenvalue weighted by Crippen LogP contribution is -2.16. The van der Waals surface area contributed by atoms with Crippen molar-refractivity contribution < 1.29 is 19.8 Å². The third kappa shape index (κ3) is 7.15. The maximum Gasteiger partial charge on any atom is 0.164 e. The van der Waals surface area contributed by atoms with E-state index in [1.54, 1.807) is 0 Å². The van der Waals surface area contributed by atoms with Gasteiger partial charge in [0.05, 0.1) is 11.1 Å². The van der Waals surface area contributed by atoms with Crippen molar-refractivity contribution in [1.82, 2.24) is 0 Å². The smallest absolute Gasteiger partial charge is 0.164 e. The maximum atomic E-state index is 12.3. The molecule has 202 valence electrons. The topological polar surface area (TPSA) is 99.3 Å². The fraction of sp³-hybridized carbons (Fsp3) is 0.375. The number of rotatable bonds is 9. The van der Waals surface area contributed by atoms with Crippen molar-refractivity contribution in [3.63, 3.8) is 0 Å². The summed E-state index contributed by atoms with van der Waals surface area (Å²) in [5.74, 6) is -0.828. The molecule has 38 heavy (non-hydrogen) atoms. The van der Waals surface area contributed by atoms with Crippen molar-refractivity contribution in [2.45, 2.75) is 81.3 Å². The van der Waals surface area contributed by atoms with Crippen molar-refractivity contribution >= 4 is 24.0 Å². The van der Waals surface area contributed by atoms with E-state index >= 15 is 0 Å². The second kappa shape index (κ2) is 12.6. The minimum atomic E-state index is -0.590. The van der Waals surface area contributed by atoms with E-state index in [9.17, 15) is 19.8 Å². The predicted molar refractivity (Wildman–Crippen MR) is 156 cm³/mol. The van der Waals surface area contributed by atoms with Crippen molar-refractivity contribution in [2.24, 2.45) is 9.98 Å². The number of hydrogen-bond donors (Lipinski definition) is 2. The number of ketones is 2. The molecule has 0 unspecified atom stereocenters. The Balaban J connectivity index is 3.01. The number of carbonyl (C=O) groups is 2. The molecule has 0 spiro atoms. The van der Waals surface area contributed by atoms with Crippen LogP contribution < -0.4 is 0 Å². The quantitative estimate of drug-likeness (QED) is 0.207. The normalized spacial score (nSPS) is 14.9. The molecule has 0 saturated carbocycles. The number of allylic oxidation sites excluding steroid dienone is 4. The molecule has 6 heteroatoms. The van der Waals surface area contributed by atoms with Gasteiger partial charge in [0, 0.05) is 12.4 Å². The van der Waals surface area contributed by atoms with E-state index in [4.69, 9.17) is 9.98 Å². The lowest BCUT2D eigenvalue weighted by atomic mass is 9.84. The second-order valence-corrected chi connectivity index (χ2v) is 10.2. The Labute approximate surface area is 226 Å². The average Bonchev–Trinajstić information content (AvgIpc) is 2.74. The van der Waals surface area contributed by atoms with Crippen LogP contribution in [0.4, 0.5) is 0 Å². The standard InChI is InChI=1S/C32H40N2O4/c1-17-11-19(3)29(20(4)12-17)31(33-15-27(23(7)35)24(8)36)32(34-16-28(25(9)37)26(10)38)30-21(5)13-18(2)14-22(30)6/h11-16,31-32,35,37H,1-10H3/b27-23+,28-25+,33-15?,34-16?/t31-,32-/m0/s1. The molecule has 0 saturated heterocycles. The van der Waals surface area contributed by atoms with Gasteiger partial charge in [0.1, 0.15) is 23.6 Å². The molecule has 0 bridgehead atoms. The van der Waals surface area contributed by atoms with E-state index in [1.807, 2.05) is 41.5 Å². The van der Waals surface area contributed by atoms with Gasteiger partial charge in [-0.2, -0.15) is 0 Å². The number of carbonyl (C=O) groups excluding carboxylic acids is 2. The van der Waals surface area contributed by atoms with Gasteiger partial charge in [-0.15, -0.1) is 0 Å². The number of aliphatic imine (C=N–C) groups is 2. The van der Waals surface area contributed by atoms with Crippen LogP contribution in [0.15, 0.2) is 56.9 Å². The summed E-state index contributed by atoms with van der Waals surface area (Å²) < 4.78 is 0. The van der Waals surface area contributed by atoms with Crippen molar-refractivity contribution in [3.8, 4) is 0 Å². The average molecular weight is 517 g/mol. The molecule has 0 radical (unpaired) electrons. The maximum absolute atomic E-state index is 12.3. The van der Waals surface area contributed by atoms with Crippen LogP contribution in [0.25, 0.3) is 0 Å². The number of aryl methyl sites for hydroxylation is 6. The van der Waals surface area contributed by atoms with Crippen LogP contribution in [0.3, 0.4) is 0 Å². The Morgan fingerprint density at radius 1 is 0.605 bits per heavy atom. The molecule has 0 fully saturated rings. The van der Waals surface area contributed by atoms with Crippen LogP contribution in [0.5, 0.6) is 0 Å². The SMILES string of the molecule is CC(=O)/C(C=N[C@@H](c1c(C)cc(C)cc1C)[C@@H](N=C/C(C(C)=O)=C(/C)O)c1c(C)cc(C)cc1C)=C(\C)O. The first-order valence-electron chi connectivity index (χ1n) is 12.7. The molecule has 6 nitrogen and oxygen atoms in total. The number of hydrogen-bond acceptors (Lipinski definition) is 6. The van der Waals surface area contributed by atoms with Gasteiger partial charge < -0.3 is 10.2 Å². The molecular formula is C32H40N2O4. The van der Waals surface area contributed by atoms with Crippen LogP contribution >= 0.6 is 0 Å². The van der Waals surface area contributed by atoms with Gasteiger partial charge in [0.15, 0.2) is 11.6 Å². The zero-order valence-electron chi connectivity index (χ0n) is 24.2. The fourth-order valence-electron chi connectivity index (χ4n) is 5.13. The zero-order valence-corrected chi connectivity index (χ0v) is 24.2. The summed E-state index contributed by atoms with van der Waals surface area (Å²) in [4.78, 5) is 34.3. The third-order valence-electron chi connectivity index (χ3n) is 6.63. The molecule has 2 atom stereocenters. The minimum Gasteiger partial charge on any atom is -0.512 e. The van der Waals surface area contributed by atoms with Crippen molar-refractivity contribution in [2.75, 3.05) is 0 Å². The highest BCUT2D eigenvalue weighted by Gasteiger charge is 2.29. The molecule has 0 aliphatic heterocycles. The molecule has 0 amide bonds. The molecule has 2 rings (SSSR count). The monoisotopic (exact) mass is 516 g/mol. The van der Waals surface area contributed by atoms with Gasteiger partial charge >= 0.3 is 0 Å². The van der Waals surface area contributed by atoms with Gasteiger partial charge in [-0.25, -0.2) is 0 Å². The highest BCUT2D eigenvalue weighted by atomic mass is 16.3. The van der Waals surface area contributed by atoms with Gasteiger partial charge in [0.2, 0.25) is 0 Å². The van der Waals surface area contributed by atoms with Crippen LogP contribution in [0, 0.1) is 41.5 Å². The third-order valence-corrected chi connectivity index (χ3v) is 6.63. The van der Waals surface area contributed by atoms with E-state index in [1.165, 1.54) is 40.1 Å². The number of nitrogens with zero attached hydrogens (tertiary/aromatic N) is 2. The molecule has 0 aromatic heterocycles. The summed E-state index contributed by atoms with van der Waals surface area (Å²) in [5, 5.41) is 20.3. The first-order valence-corrected chi connectivity index (χ1v) is 12.7. The number of benzene rings is 2. The van der Waals surface area contributed by atoms with E-state index in [0.717, 1.165) is 44.5 Å². The Morgan fingerprint density at radius 2 is 0.868 bits per heavy atom. The summed E-state index contributed by atoms with van der Waals surface area (Å²) in [6, 6.07) is 7.15. The summed E-state index contributed by atoms with van der Waals surface area (Å²) in [5.41, 5.74) is 8.42. The lowest BCUT2D eigenvalue weighted by molar-refractivity contribution is -0.114. The van der Waals surface area contributed by atoms with Gasteiger partial charge in [0.25, 0.3) is 0 Å². The summed E-state index contributed by atoms with van der Waals surface area (Å²) in [6.07, 6.45) is 2.84. The van der Waals surface area contributed by atoms with E-state index in [0.29, 0.717) is 0 Å². The second-order valence-electron chi connectivity index (χ2n) is 10.2. The Kier molecular flexibility index (Phi) is 10.1. The molecule has 2 N–H and O–H groups in total. The van der Waals surface area contributed by atoms with Crippen LogP contribution in [0.1, 0.15) is 84.3 Å². The first kappa shape index (κ1) is 30.4. The largest absolute Gasteiger partial charge is 0.512 e. The highest BCUT2D eigenvalue weighted by Crippen LogP contribution is 2.41. The zero-order chi connectivity index (χ0) is 28.9. The molecule has 2 aromatic carbocycles. The van der Waals surface area contributed by atoms with Crippen LogP contribution in [-0.2, 0) is 9.59 Å². The number of aliphatic hydroxyl groups is 2. The van der Waals surface area contributed by atoms with Crippen LogP contribution in [-0.4, -0.2) is 34.2 Å². The fourth-order valence-corrected chi connectivity index (χ4v) is 5.13. The van der Waals surface area contributed by atoms with Crippen molar-refractivity contribution in [3.05, 3.63) is 91.4 Å². The number of Topliss-reactive ketones (excluding diaryl/α,β-unsaturated/α-hetero) is 2. The van der Waals surface area contributed by atoms with Crippen LogP contribution in [0.2, 0.25) is 0 Å². The Bertz CT molecular complexity index is 1220. The van der Waals surface area contributed by atoms with E-state index in [2.05, 4.69) is 24.3 Å². The predicted octanol–water partition coefficient (Wildman–Crippen LogP) is 7.30. The highest BCUT2D eigenvalue weighted by molar-refractivity contribution is 6.13. The molecule has 0 aliphatic carbocycles. The van der Waals surface area contributed by atoms with Gasteiger partial charge in [-0.1, -0.05) is 35.4 Å². The van der Waals surface area contributed by atoms with Crippen molar-refractivity contribution in [1.29, 1.82) is 0 Å². The Morgan fingerprint density at radius 3 is 1.08 bits per heavy atom. The number of aliphatic hydroxyl groups excluding tert-OH is 2. The van der Waals surface area contributed by atoms with Gasteiger partial charge in [-0.05, 0) is 103 Å². The first-order chi connectivity index (χ1) is 17.6. The van der Waals surface area contributed by atoms with Gasteiger partial charge in [-0.3, -0.25) is 19.6 Å². The summed E-state index contributed by atoms with van der Waals surface area (Å²) in [6.45, 7) is 17.8. The lowest BCUT2D eigenvalue weighted by Gasteiger charge is -2.28. The summed E-state index contributed by atoms with van der Waals surface area (Å²) >= 11 is 0. The molecule has 0 heterocycles. The van der Waals surface area contributed by atoms with E-state index in [-0.39, 0.29) is 34.2 Å². The summed E-state index contributed by atoms with van der Waals surface area (Å²) in [7, 11) is 0. The minimum absolute atomic E-state index is 0.113. The van der Waals surface area contributed by atoms with E-state index < -0.39 is 12.1 Å². The molecule has 2 aromatic rings. The Hall–Kier alpha value is -3.80. The molecule has 0 aliphatic rings. The molecular weight excluding hydrogens is 476 g/mol.